The van der Waals surface area contributed by atoms with Gasteiger partial charge in [-0.1, -0.05) is 6.42 Å². The van der Waals surface area contributed by atoms with Crippen molar-refractivity contribution in [2.24, 2.45) is 13.0 Å². The molecule has 0 spiro atoms. The molecule has 0 unspecified atom stereocenters. The lowest BCUT2D eigenvalue weighted by molar-refractivity contribution is 0.262. The van der Waals surface area contributed by atoms with Crippen LogP contribution in [0.25, 0.3) is 0 Å². The Hall–Kier alpha value is -1.63. The summed E-state index contributed by atoms with van der Waals surface area (Å²) in [5.74, 6) is 0.590. The summed E-state index contributed by atoms with van der Waals surface area (Å²) in [4.78, 5) is 12.5. The minimum Gasteiger partial charge on any atom is -0.347 e. The van der Waals surface area contributed by atoms with E-state index in [9.17, 15) is 4.79 Å². The summed E-state index contributed by atoms with van der Waals surface area (Å²) in [6.07, 6.45) is 8.81. The molecule has 106 valence electrons. The minimum atomic E-state index is -0.102. The van der Waals surface area contributed by atoms with E-state index in [1.54, 1.807) is 21.8 Å². The van der Waals surface area contributed by atoms with Crippen molar-refractivity contribution in [2.45, 2.75) is 25.8 Å². The van der Waals surface area contributed by atoms with Crippen LogP contribution in [0.1, 0.15) is 19.3 Å². The molecule has 0 bridgehead atoms. The largest absolute Gasteiger partial charge is 0.347 e. The number of anilines is 2. The fourth-order valence-corrected chi connectivity index (χ4v) is 2.62. The molecule has 2 aromatic rings. The predicted molar refractivity (Wildman–Crippen MR) is 80.0 cm³/mol. The average Bonchev–Trinajstić information content (AvgIpc) is 2.77. The molecular formula is C13H16BrN5O. The average molecular weight is 338 g/mol. The van der Waals surface area contributed by atoms with Gasteiger partial charge < -0.3 is 5.32 Å². The van der Waals surface area contributed by atoms with Crippen molar-refractivity contribution in [3.8, 4) is 0 Å². The first-order valence-electron chi connectivity index (χ1n) is 6.65. The van der Waals surface area contributed by atoms with E-state index < -0.39 is 0 Å². The van der Waals surface area contributed by atoms with Gasteiger partial charge in [0.05, 0.1) is 22.6 Å². The molecular weight excluding hydrogens is 322 g/mol. The number of nitrogens with zero attached hydrogens (tertiary/aromatic N) is 4. The van der Waals surface area contributed by atoms with E-state index in [0.29, 0.717) is 22.6 Å². The maximum Gasteiger partial charge on any atom is 0.291 e. The van der Waals surface area contributed by atoms with Gasteiger partial charge >= 0.3 is 0 Å². The van der Waals surface area contributed by atoms with E-state index in [1.807, 2.05) is 13.2 Å². The number of rotatable bonds is 4. The second-order valence-electron chi connectivity index (χ2n) is 5.18. The molecule has 0 radical (unpaired) electrons. The first-order valence-corrected chi connectivity index (χ1v) is 7.44. The van der Waals surface area contributed by atoms with Crippen LogP contribution in [-0.2, 0) is 13.6 Å². The predicted octanol–water partition coefficient (Wildman–Crippen LogP) is 2.28. The number of aromatic nitrogens is 4. The number of nitrogens with one attached hydrogen (secondary N) is 1. The highest BCUT2D eigenvalue weighted by Crippen LogP contribution is 2.27. The van der Waals surface area contributed by atoms with Crippen molar-refractivity contribution in [1.29, 1.82) is 0 Å². The summed E-state index contributed by atoms with van der Waals surface area (Å²) in [5.41, 5.74) is 1.19. The van der Waals surface area contributed by atoms with Crippen LogP contribution < -0.4 is 10.9 Å². The van der Waals surface area contributed by atoms with Gasteiger partial charge in [0.2, 0.25) is 0 Å². The maximum atomic E-state index is 12.5. The molecule has 7 heteroatoms. The van der Waals surface area contributed by atoms with Crippen molar-refractivity contribution >= 4 is 27.3 Å². The Morgan fingerprint density at radius 1 is 1.40 bits per heavy atom. The molecule has 1 aliphatic carbocycles. The number of hydrogen-bond donors (Lipinski definition) is 1. The number of hydrogen-bond acceptors (Lipinski definition) is 4. The normalized spacial score (nSPS) is 15.1. The van der Waals surface area contributed by atoms with E-state index in [4.69, 9.17) is 0 Å². The summed E-state index contributed by atoms with van der Waals surface area (Å²) in [5, 5.41) is 11.4. The highest BCUT2D eigenvalue weighted by molar-refractivity contribution is 9.10. The Morgan fingerprint density at radius 3 is 2.80 bits per heavy atom. The van der Waals surface area contributed by atoms with Crippen LogP contribution >= 0.6 is 15.9 Å². The molecule has 1 N–H and O–H groups in total. The van der Waals surface area contributed by atoms with Gasteiger partial charge in [-0.15, -0.1) is 0 Å². The van der Waals surface area contributed by atoms with Gasteiger partial charge in [-0.3, -0.25) is 9.48 Å². The second-order valence-corrected chi connectivity index (χ2v) is 6.03. The molecule has 0 aromatic carbocycles. The lowest BCUT2D eigenvalue weighted by Gasteiger charge is -2.25. The zero-order valence-electron chi connectivity index (χ0n) is 11.2. The van der Waals surface area contributed by atoms with E-state index in [2.05, 4.69) is 31.4 Å². The Bertz CT molecular complexity index is 674. The van der Waals surface area contributed by atoms with Crippen molar-refractivity contribution in [2.75, 3.05) is 5.32 Å². The van der Waals surface area contributed by atoms with Crippen LogP contribution in [0.5, 0.6) is 0 Å². The Balaban J connectivity index is 1.88. The van der Waals surface area contributed by atoms with Gasteiger partial charge in [-0.05, 0) is 34.7 Å². The highest BCUT2D eigenvalue weighted by atomic mass is 79.9. The number of aryl methyl sites for hydroxylation is 1. The summed E-state index contributed by atoms with van der Waals surface area (Å²) in [6.45, 7) is 0.702. The van der Waals surface area contributed by atoms with E-state index in [-0.39, 0.29) is 5.56 Å². The second kappa shape index (κ2) is 5.40. The van der Waals surface area contributed by atoms with Crippen molar-refractivity contribution in [1.82, 2.24) is 19.6 Å². The monoisotopic (exact) mass is 337 g/mol. The quantitative estimate of drug-likeness (QED) is 0.929. The van der Waals surface area contributed by atoms with Crippen LogP contribution in [0.2, 0.25) is 0 Å². The fourth-order valence-electron chi connectivity index (χ4n) is 2.26. The third-order valence-corrected chi connectivity index (χ3v) is 4.23. The van der Waals surface area contributed by atoms with E-state index in [1.165, 1.54) is 19.3 Å². The summed E-state index contributed by atoms with van der Waals surface area (Å²) >= 11 is 3.38. The Labute approximate surface area is 124 Å². The molecule has 1 aliphatic rings. The van der Waals surface area contributed by atoms with Gasteiger partial charge in [0.15, 0.2) is 0 Å². The molecule has 0 amide bonds. The first kappa shape index (κ1) is 13.4. The van der Waals surface area contributed by atoms with Crippen molar-refractivity contribution in [3.05, 3.63) is 33.4 Å². The molecule has 0 saturated heterocycles. The Kier molecular flexibility index (Phi) is 3.60. The number of halogens is 1. The molecule has 2 heterocycles. The third kappa shape index (κ3) is 2.63. The van der Waals surface area contributed by atoms with Crippen LogP contribution in [-0.4, -0.2) is 19.6 Å². The minimum absolute atomic E-state index is 0.102. The van der Waals surface area contributed by atoms with Gasteiger partial charge in [-0.25, -0.2) is 4.68 Å². The lowest BCUT2D eigenvalue weighted by atomic mass is 9.85. The van der Waals surface area contributed by atoms with Crippen LogP contribution in [0, 0.1) is 5.92 Å². The lowest BCUT2D eigenvalue weighted by Crippen LogP contribution is -2.30. The van der Waals surface area contributed by atoms with Crippen LogP contribution in [0.3, 0.4) is 0 Å². The van der Waals surface area contributed by atoms with Gasteiger partial charge in [-0.2, -0.15) is 10.2 Å². The molecule has 20 heavy (non-hydrogen) atoms. The Morgan fingerprint density at radius 2 is 2.20 bits per heavy atom. The maximum absolute atomic E-state index is 12.5. The first-order chi connectivity index (χ1) is 9.63. The molecule has 1 saturated carbocycles. The highest BCUT2D eigenvalue weighted by Gasteiger charge is 2.20. The molecule has 0 aliphatic heterocycles. The van der Waals surface area contributed by atoms with Crippen molar-refractivity contribution in [3.63, 3.8) is 0 Å². The fraction of sp³-hybridized carbons (Fsp3) is 0.462. The van der Waals surface area contributed by atoms with E-state index in [0.717, 1.165) is 5.69 Å². The third-order valence-electron chi connectivity index (χ3n) is 3.63. The molecule has 1 fully saturated rings. The smallest absolute Gasteiger partial charge is 0.291 e. The zero-order valence-corrected chi connectivity index (χ0v) is 12.8. The summed E-state index contributed by atoms with van der Waals surface area (Å²) in [6, 6.07) is 0. The van der Waals surface area contributed by atoms with Crippen molar-refractivity contribution < 1.29 is 0 Å². The van der Waals surface area contributed by atoms with Crippen LogP contribution in [0.15, 0.2) is 27.9 Å². The summed E-state index contributed by atoms with van der Waals surface area (Å²) < 4.78 is 3.90. The summed E-state index contributed by atoms with van der Waals surface area (Å²) in [7, 11) is 1.83. The van der Waals surface area contributed by atoms with Crippen LogP contribution in [0.4, 0.5) is 11.4 Å². The van der Waals surface area contributed by atoms with Gasteiger partial charge in [0.25, 0.3) is 5.56 Å². The molecule has 6 nitrogen and oxygen atoms in total. The van der Waals surface area contributed by atoms with Gasteiger partial charge in [0.1, 0.15) is 5.69 Å². The van der Waals surface area contributed by atoms with Gasteiger partial charge in [0, 0.05) is 19.8 Å². The SMILES string of the molecule is Cn1cc(Nc2c(Br)cnn(CC3CCC3)c2=O)cn1. The zero-order chi connectivity index (χ0) is 14.1. The molecule has 0 atom stereocenters. The molecule has 3 rings (SSSR count). The molecule has 2 aromatic heterocycles. The topological polar surface area (TPSA) is 64.7 Å². The van der Waals surface area contributed by atoms with E-state index >= 15 is 0 Å². The standard InChI is InChI=1S/C13H16BrN5O/c1-18-8-10(5-15-18)17-12-11(14)6-16-19(13(12)20)7-9-3-2-4-9/h5-6,8-9,17H,2-4,7H2,1H3.